The molecule has 0 N–H and O–H groups in total. The zero-order valence-corrected chi connectivity index (χ0v) is 18.0. The molecule has 0 aromatic heterocycles. The van der Waals surface area contributed by atoms with Gasteiger partial charge in [-0.2, -0.15) is 0 Å². The molecule has 3 aliphatic heterocycles. The van der Waals surface area contributed by atoms with Crippen molar-refractivity contribution in [2.45, 2.75) is 19.5 Å². The third-order valence-electron chi connectivity index (χ3n) is 5.86. The van der Waals surface area contributed by atoms with Crippen molar-refractivity contribution < 1.29 is 4.79 Å². The summed E-state index contributed by atoms with van der Waals surface area (Å²) >= 11 is 12.3. The monoisotopic (exact) mass is 440 g/mol. The molecular weight excluding hydrogens is 419 g/mol. The van der Waals surface area contributed by atoms with Gasteiger partial charge in [-0.25, -0.2) is 0 Å². The van der Waals surface area contributed by atoms with Gasteiger partial charge in [0, 0.05) is 38.3 Å². The van der Waals surface area contributed by atoms with Gasteiger partial charge in [-0.1, -0.05) is 59.6 Å². The Kier molecular flexibility index (Phi) is 5.27. The number of guanidine groups is 1. The van der Waals surface area contributed by atoms with Crippen molar-refractivity contribution in [1.29, 1.82) is 0 Å². The van der Waals surface area contributed by atoms with Gasteiger partial charge in [0.05, 0.1) is 28.7 Å². The molecule has 154 valence electrons. The molecule has 0 bridgehead atoms. The predicted molar refractivity (Wildman–Crippen MR) is 119 cm³/mol. The van der Waals surface area contributed by atoms with E-state index in [1.54, 1.807) is 11.0 Å². The van der Waals surface area contributed by atoms with E-state index in [-0.39, 0.29) is 5.91 Å². The first kappa shape index (κ1) is 19.6. The maximum absolute atomic E-state index is 13.5. The summed E-state index contributed by atoms with van der Waals surface area (Å²) in [4.78, 5) is 24.5. The fourth-order valence-corrected chi connectivity index (χ4v) is 4.73. The summed E-state index contributed by atoms with van der Waals surface area (Å²) < 4.78 is 0. The second-order valence-electron chi connectivity index (χ2n) is 7.84. The van der Waals surface area contributed by atoms with Crippen LogP contribution in [0.5, 0.6) is 0 Å². The molecule has 0 saturated carbocycles. The fourth-order valence-electron chi connectivity index (χ4n) is 4.41. The van der Waals surface area contributed by atoms with E-state index in [2.05, 4.69) is 39.1 Å². The Balaban J connectivity index is 1.41. The molecule has 0 spiro atoms. The SMILES string of the molecule is O=C1C2=C(CCN(Cc3ccccc3)C2)N2CCN=C2N1Cc1ccc(Cl)c(Cl)c1. The van der Waals surface area contributed by atoms with Crippen molar-refractivity contribution in [3.63, 3.8) is 0 Å². The van der Waals surface area contributed by atoms with Crippen molar-refractivity contribution in [1.82, 2.24) is 14.7 Å². The fraction of sp³-hybridized carbons (Fsp3) is 0.304. The number of aliphatic imine (C=N–C) groups is 1. The summed E-state index contributed by atoms with van der Waals surface area (Å²) in [6.45, 7) is 4.42. The molecule has 0 aliphatic carbocycles. The lowest BCUT2D eigenvalue weighted by Gasteiger charge is -2.42. The van der Waals surface area contributed by atoms with Gasteiger partial charge < -0.3 is 4.90 Å². The minimum absolute atomic E-state index is 0.0470. The van der Waals surface area contributed by atoms with Crippen LogP contribution in [0.2, 0.25) is 10.0 Å². The summed E-state index contributed by atoms with van der Waals surface area (Å²) in [6, 6.07) is 15.9. The van der Waals surface area contributed by atoms with E-state index in [1.165, 1.54) is 5.56 Å². The highest BCUT2D eigenvalue weighted by atomic mass is 35.5. The topological polar surface area (TPSA) is 39.2 Å². The molecule has 2 aromatic rings. The number of benzene rings is 2. The highest BCUT2D eigenvalue weighted by Gasteiger charge is 2.40. The van der Waals surface area contributed by atoms with Gasteiger partial charge in [0.1, 0.15) is 0 Å². The highest BCUT2D eigenvalue weighted by Crippen LogP contribution is 2.32. The predicted octanol–water partition coefficient (Wildman–Crippen LogP) is 4.17. The molecule has 0 fully saturated rings. The van der Waals surface area contributed by atoms with Crippen LogP contribution in [-0.2, 0) is 17.9 Å². The van der Waals surface area contributed by atoms with Crippen molar-refractivity contribution in [2.75, 3.05) is 26.2 Å². The molecule has 0 saturated heterocycles. The van der Waals surface area contributed by atoms with Crippen LogP contribution in [0.15, 0.2) is 64.8 Å². The Morgan fingerprint density at radius 2 is 1.77 bits per heavy atom. The van der Waals surface area contributed by atoms with Crippen LogP contribution < -0.4 is 0 Å². The number of hydrogen-bond acceptors (Lipinski definition) is 4. The Bertz CT molecular complexity index is 1050. The maximum Gasteiger partial charge on any atom is 0.259 e. The van der Waals surface area contributed by atoms with Crippen molar-refractivity contribution >= 4 is 35.1 Å². The van der Waals surface area contributed by atoms with Crippen LogP contribution in [0.25, 0.3) is 0 Å². The number of carbonyl (C=O) groups is 1. The first-order chi connectivity index (χ1) is 14.6. The zero-order valence-electron chi connectivity index (χ0n) is 16.5. The first-order valence-corrected chi connectivity index (χ1v) is 10.9. The number of rotatable bonds is 4. The minimum Gasteiger partial charge on any atom is -0.314 e. The molecule has 0 atom stereocenters. The molecule has 3 heterocycles. The van der Waals surface area contributed by atoms with Crippen LogP contribution in [0.3, 0.4) is 0 Å². The first-order valence-electron chi connectivity index (χ1n) is 10.2. The highest BCUT2D eigenvalue weighted by molar-refractivity contribution is 6.42. The van der Waals surface area contributed by atoms with E-state index in [0.29, 0.717) is 29.7 Å². The molecule has 0 radical (unpaired) electrons. The van der Waals surface area contributed by atoms with E-state index in [4.69, 9.17) is 23.2 Å². The molecule has 5 rings (SSSR count). The third-order valence-corrected chi connectivity index (χ3v) is 6.60. The maximum atomic E-state index is 13.5. The van der Waals surface area contributed by atoms with Gasteiger partial charge in [0.2, 0.25) is 5.96 Å². The Labute approximate surface area is 186 Å². The summed E-state index contributed by atoms with van der Waals surface area (Å²) in [5.41, 5.74) is 4.23. The second kappa shape index (κ2) is 8.06. The largest absolute Gasteiger partial charge is 0.314 e. The van der Waals surface area contributed by atoms with Gasteiger partial charge in [-0.05, 0) is 23.3 Å². The van der Waals surface area contributed by atoms with Gasteiger partial charge in [-0.15, -0.1) is 0 Å². The molecule has 2 aromatic carbocycles. The summed E-state index contributed by atoms with van der Waals surface area (Å²) in [5, 5.41) is 1.01. The summed E-state index contributed by atoms with van der Waals surface area (Å²) in [6.07, 6.45) is 0.869. The molecule has 1 amide bonds. The van der Waals surface area contributed by atoms with E-state index < -0.39 is 0 Å². The van der Waals surface area contributed by atoms with Crippen molar-refractivity contribution in [3.05, 3.63) is 81.0 Å². The Morgan fingerprint density at radius 3 is 2.57 bits per heavy atom. The van der Waals surface area contributed by atoms with Crippen LogP contribution in [0.1, 0.15) is 17.5 Å². The lowest BCUT2D eigenvalue weighted by atomic mass is 10.00. The lowest BCUT2D eigenvalue weighted by Crippen LogP contribution is -2.53. The molecule has 5 nitrogen and oxygen atoms in total. The summed E-state index contributed by atoms with van der Waals surface area (Å²) in [5.74, 6) is 0.812. The number of hydrogen-bond donors (Lipinski definition) is 0. The van der Waals surface area contributed by atoms with Crippen molar-refractivity contribution in [2.24, 2.45) is 4.99 Å². The molecule has 7 heteroatoms. The minimum atomic E-state index is 0.0470. The number of fused-ring (bicyclic) bond motifs is 2. The van der Waals surface area contributed by atoms with E-state index >= 15 is 0 Å². The van der Waals surface area contributed by atoms with E-state index in [9.17, 15) is 4.79 Å². The van der Waals surface area contributed by atoms with Gasteiger partial charge in [0.25, 0.3) is 5.91 Å². The van der Waals surface area contributed by atoms with Gasteiger partial charge in [0.15, 0.2) is 0 Å². The second-order valence-corrected chi connectivity index (χ2v) is 8.66. The van der Waals surface area contributed by atoms with Gasteiger partial charge >= 0.3 is 0 Å². The molecule has 30 heavy (non-hydrogen) atoms. The number of nitrogens with zero attached hydrogens (tertiary/aromatic N) is 4. The average molecular weight is 441 g/mol. The summed E-state index contributed by atoms with van der Waals surface area (Å²) in [7, 11) is 0. The number of carbonyl (C=O) groups excluding carboxylic acids is 1. The third kappa shape index (κ3) is 3.62. The van der Waals surface area contributed by atoms with E-state index in [1.807, 2.05) is 18.2 Å². The standard InChI is InChI=1S/C23H22Cl2N4O/c24-19-7-6-17(12-20(19)25)14-29-22(30)18-15-27(13-16-4-2-1-3-5-16)10-8-21(18)28-11-9-26-23(28)29/h1-7,12H,8-11,13-15H2. The average Bonchev–Trinajstić information content (AvgIpc) is 3.24. The molecular formula is C23H22Cl2N4O. The van der Waals surface area contributed by atoms with E-state index in [0.717, 1.165) is 48.8 Å². The Hall–Kier alpha value is -2.34. The Morgan fingerprint density at radius 1 is 0.933 bits per heavy atom. The van der Waals surface area contributed by atoms with Crippen LogP contribution in [0.4, 0.5) is 0 Å². The lowest BCUT2D eigenvalue weighted by molar-refractivity contribution is -0.125. The van der Waals surface area contributed by atoms with Crippen LogP contribution in [-0.4, -0.2) is 52.7 Å². The van der Waals surface area contributed by atoms with Crippen LogP contribution in [0, 0.1) is 0 Å². The van der Waals surface area contributed by atoms with Crippen molar-refractivity contribution in [3.8, 4) is 0 Å². The molecule has 0 unspecified atom stereocenters. The number of halogens is 2. The number of amides is 1. The molecule has 3 aliphatic rings. The smallest absolute Gasteiger partial charge is 0.259 e. The van der Waals surface area contributed by atoms with Crippen LogP contribution >= 0.6 is 23.2 Å². The normalized spacial score (nSPS) is 19.1. The quantitative estimate of drug-likeness (QED) is 0.715. The zero-order chi connectivity index (χ0) is 20.7. The van der Waals surface area contributed by atoms with Gasteiger partial charge in [-0.3, -0.25) is 19.6 Å².